The molecule has 1 aromatic heterocycles. The lowest BCUT2D eigenvalue weighted by molar-refractivity contribution is 0.103. The Balaban J connectivity index is 1.70. The quantitative estimate of drug-likeness (QED) is 0.543. The number of carbonyl (C=O) groups excluding carboxylic acids is 1. The molecule has 0 radical (unpaired) electrons. The number of rotatable bonds is 5. The van der Waals surface area contributed by atoms with Gasteiger partial charge in [-0.2, -0.15) is 0 Å². The number of methoxy groups -OCH3 is 1. The van der Waals surface area contributed by atoms with E-state index in [0.717, 1.165) is 5.56 Å². The normalized spacial score (nSPS) is 10.8. The number of ether oxygens (including phenoxy) is 1. The highest BCUT2D eigenvalue weighted by Crippen LogP contribution is 2.20. The molecule has 0 fully saturated rings. The number of para-hydroxylation sites is 1. The Hall–Kier alpha value is -3.73. The van der Waals surface area contributed by atoms with Gasteiger partial charge in [-0.25, -0.2) is 4.98 Å². The van der Waals surface area contributed by atoms with E-state index in [1.807, 2.05) is 42.5 Å². The average Bonchev–Trinajstić information content (AvgIpc) is 2.74. The standard InChI is InChI=1S/C23H18N2O3/c1-28-21-10-6-5-9-16(21)13-20-23(27)25-19-14-17(11-12-18(19)24-20)22(26)15-7-3-2-4-8-15/h2-12,14H,13H2,1H3,(H,25,27). The molecule has 0 amide bonds. The van der Waals surface area contributed by atoms with Gasteiger partial charge in [-0.1, -0.05) is 48.5 Å². The Bertz CT molecular complexity index is 1210. The Labute approximate surface area is 161 Å². The summed E-state index contributed by atoms with van der Waals surface area (Å²) in [5.41, 5.74) is 3.29. The predicted octanol–water partition coefficient (Wildman–Crippen LogP) is 3.75. The number of ketones is 1. The zero-order chi connectivity index (χ0) is 19.5. The Morgan fingerprint density at radius 2 is 1.71 bits per heavy atom. The van der Waals surface area contributed by atoms with Crippen LogP contribution < -0.4 is 10.3 Å². The van der Waals surface area contributed by atoms with Crippen LogP contribution in [0.25, 0.3) is 11.0 Å². The largest absolute Gasteiger partial charge is 0.496 e. The molecule has 0 spiro atoms. The van der Waals surface area contributed by atoms with Crippen LogP contribution in [0.1, 0.15) is 27.2 Å². The van der Waals surface area contributed by atoms with Crippen LogP contribution in [0, 0.1) is 0 Å². The summed E-state index contributed by atoms with van der Waals surface area (Å²) in [5.74, 6) is 0.619. The first-order valence-corrected chi connectivity index (χ1v) is 8.90. The van der Waals surface area contributed by atoms with Crippen LogP contribution in [0.5, 0.6) is 5.75 Å². The molecule has 1 N–H and O–H groups in total. The first kappa shape index (κ1) is 17.7. The van der Waals surface area contributed by atoms with E-state index in [9.17, 15) is 9.59 Å². The van der Waals surface area contributed by atoms with Crippen LogP contribution in [-0.4, -0.2) is 22.9 Å². The van der Waals surface area contributed by atoms with Gasteiger partial charge < -0.3 is 9.72 Å². The molecule has 0 bridgehead atoms. The summed E-state index contributed by atoms with van der Waals surface area (Å²) >= 11 is 0. The van der Waals surface area contributed by atoms with Crippen molar-refractivity contribution in [2.45, 2.75) is 6.42 Å². The van der Waals surface area contributed by atoms with Gasteiger partial charge in [0.15, 0.2) is 5.78 Å². The SMILES string of the molecule is COc1ccccc1Cc1nc2ccc(C(=O)c3ccccc3)cc2[nH]c1=O. The maximum atomic E-state index is 12.6. The lowest BCUT2D eigenvalue weighted by atomic mass is 10.0. The van der Waals surface area contributed by atoms with Crippen molar-refractivity contribution in [3.8, 4) is 5.75 Å². The second kappa shape index (κ2) is 7.48. The van der Waals surface area contributed by atoms with Gasteiger partial charge >= 0.3 is 0 Å². The van der Waals surface area contributed by atoms with Gasteiger partial charge in [0.1, 0.15) is 11.4 Å². The van der Waals surface area contributed by atoms with Crippen molar-refractivity contribution < 1.29 is 9.53 Å². The fourth-order valence-electron chi connectivity index (χ4n) is 3.17. The molecule has 28 heavy (non-hydrogen) atoms. The lowest BCUT2D eigenvalue weighted by Gasteiger charge is -2.08. The second-order valence-electron chi connectivity index (χ2n) is 6.43. The monoisotopic (exact) mass is 370 g/mol. The molecule has 5 heteroatoms. The average molecular weight is 370 g/mol. The number of aromatic nitrogens is 2. The molecular weight excluding hydrogens is 352 g/mol. The maximum Gasteiger partial charge on any atom is 0.270 e. The number of aromatic amines is 1. The minimum atomic E-state index is -0.275. The van der Waals surface area contributed by atoms with Crippen molar-refractivity contribution in [1.82, 2.24) is 9.97 Å². The number of fused-ring (bicyclic) bond motifs is 1. The molecule has 0 saturated carbocycles. The molecule has 0 aliphatic rings. The fraction of sp³-hybridized carbons (Fsp3) is 0.0870. The fourth-order valence-corrected chi connectivity index (χ4v) is 3.17. The van der Waals surface area contributed by atoms with Crippen LogP contribution in [-0.2, 0) is 6.42 Å². The van der Waals surface area contributed by atoms with Crippen molar-refractivity contribution in [3.63, 3.8) is 0 Å². The third-order valence-electron chi connectivity index (χ3n) is 4.61. The van der Waals surface area contributed by atoms with E-state index in [4.69, 9.17) is 4.74 Å². The number of hydrogen-bond donors (Lipinski definition) is 1. The molecule has 1 heterocycles. The smallest absolute Gasteiger partial charge is 0.270 e. The van der Waals surface area contributed by atoms with Crippen molar-refractivity contribution in [1.29, 1.82) is 0 Å². The molecule has 4 rings (SSSR count). The predicted molar refractivity (Wildman–Crippen MR) is 108 cm³/mol. The number of carbonyl (C=O) groups is 1. The molecule has 4 aromatic rings. The Morgan fingerprint density at radius 1 is 0.964 bits per heavy atom. The molecular formula is C23H18N2O3. The highest BCUT2D eigenvalue weighted by Gasteiger charge is 2.12. The summed E-state index contributed by atoms with van der Waals surface area (Å²) in [6.45, 7) is 0. The summed E-state index contributed by atoms with van der Waals surface area (Å²) < 4.78 is 5.35. The second-order valence-corrected chi connectivity index (χ2v) is 6.43. The van der Waals surface area contributed by atoms with E-state index in [1.54, 1.807) is 37.4 Å². The van der Waals surface area contributed by atoms with Gasteiger partial charge in [0, 0.05) is 23.1 Å². The molecule has 0 unspecified atom stereocenters. The van der Waals surface area contributed by atoms with Gasteiger partial charge in [0.25, 0.3) is 5.56 Å². The first-order chi connectivity index (χ1) is 13.7. The lowest BCUT2D eigenvalue weighted by Crippen LogP contribution is -2.16. The van der Waals surface area contributed by atoms with Crippen LogP contribution in [0.15, 0.2) is 77.6 Å². The minimum Gasteiger partial charge on any atom is -0.496 e. The summed E-state index contributed by atoms with van der Waals surface area (Å²) in [6, 6.07) is 21.7. The van der Waals surface area contributed by atoms with E-state index in [2.05, 4.69) is 9.97 Å². The molecule has 5 nitrogen and oxygen atoms in total. The topological polar surface area (TPSA) is 72.0 Å². The molecule has 0 saturated heterocycles. The third-order valence-corrected chi connectivity index (χ3v) is 4.61. The number of H-pyrrole nitrogens is 1. The van der Waals surface area contributed by atoms with E-state index < -0.39 is 0 Å². The van der Waals surface area contributed by atoms with Crippen molar-refractivity contribution in [3.05, 3.63) is 106 Å². The minimum absolute atomic E-state index is 0.0959. The van der Waals surface area contributed by atoms with Crippen LogP contribution in [0.3, 0.4) is 0 Å². The van der Waals surface area contributed by atoms with Crippen molar-refractivity contribution in [2.24, 2.45) is 0 Å². The number of benzene rings is 3. The van der Waals surface area contributed by atoms with E-state index >= 15 is 0 Å². The Morgan fingerprint density at radius 3 is 2.50 bits per heavy atom. The summed E-state index contributed by atoms with van der Waals surface area (Å²) in [6.07, 6.45) is 0.361. The molecule has 138 valence electrons. The zero-order valence-electron chi connectivity index (χ0n) is 15.3. The van der Waals surface area contributed by atoms with Gasteiger partial charge in [-0.15, -0.1) is 0 Å². The Kier molecular flexibility index (Phi) is 4.72. The summed E-state index contributed by atoms with van der Waals surface area (Å²) in [4.78, 5) is 32.5. The van der Waals surface area contributed by atoms with E-state index in [0.29, 0.717) is 40.0 Å². The van der Waals surface area contributed by atoms with Gasteiger partial charge in [0.05, 0.1) is 18.1 Å². The highest BCUT2D eigenvalue weighted by atomic mass is 16.5. The van der Waals surface area contributed by atoms with Gasteiger partial charge in [0.2, 0.25) is 0 Å². The molecule has 3 aromatic carbocycles. The molecule has 0 aliphatic carbocycles. The zero-order valence-corrected chi connectivity index (χ0v) is 15.3. The van der Waals surface area contributed by atoms with Gasteiger partial charge in [-0.3, -0.25) is 9.59 Å². The van der Waals surface area contributed by atoms with E-state index in [-0.39, 0.29) is 11.3 Å². The summed E-state index contributed by atoms with van der Waals surface area (Å²) in [5, 5.41) is 0. The van der Waals surface area contributed by atoms with Crippen LogP contribution in [0.2, 0.25) is 0 Å². The first-order valence-electron chi connectivity index (χ1n) is 8.90. The number of hydrogen-bond acceptors (Lipinski definition) is 4. The van der Waals surface area contributed by atoms with Gasteiger partial charge in [-0.05, 0) is 24.3 Å². The molecule has 0 aliphatic heterocycles. The number of nitrogens with one attached hydrogen (secondary N) is 1. The van der Waals surface area contributed by atoms with Crippen molar-refractivity contribution >= 4 is 16.8 Å². The number of nitrogens with zero attached hydrogens (tertiary/aromatic N) is 1. The third kappa shape index (κ3) is 3.42. The maximum absolute atomic E-state index is 12.6. The highest BCUT2D eigenvalue weighted by molar-refractivity contribution is 6.10. The summed E-state index contributed by atoms with van der Waals surface area (Å²) in [7, 11) is 1.60. The van der Waals surface area contributed by atoms with Crippen LogP contribution >= 0.6 is 0 Å². The van der Waals surface area contributed by atoms with Crippen molar-refractivity contribution in [2.75, 3.05) is 7.11 Å². The molecule has 0 atom stereocenters. The van der Waals surface area contributed by atoms with E-state index in [1.165, 1.54) is 0 Å². The van der Waals surface area contributed by atoms with Crippen LogP contribution in [0.4, 0.5) is 0 Å².